The Bertz CT molecular complexity index is 333. The van der Waals surface area contributed by atoms with Crippen LogP contribution in [0.2, 0.25) is 5.02 Å². The summed E-state index contributed by atoms with van der Waals surface area (Å²) in [5.74, 6) is 0.570. The van der Waals surface area contributed by atoms with Crippen molar-refractivity contribution >= 4 is 11.6 Å². The number of rotatable bonds is 6. The summed E-state index contributed by atoms with van der Waals surface area (Å²) in [6, 6.07) is 0. The molecule has 1 aromatic heterocycles. The van der Waals surface area contributed by atoms with Gasteiger partial charge in [0.05, 0.1) is 16.4 Å². The Labute approximate surface area is 103 Å². The summed E-state index contributed by atoms with van der Waals surface area (Å²) in [5, 5.41) is 8.66. The van der Waals surface area contributed by atoms with E-state index < -0.39 is 0 Å². The molecule has 0 aliphatic rings. The highest BCUT2D eigenvalue weighted by Gasteiger charge is 2.11. The van der Waals surface area contributed by atoms with E-state index in [0.29, 0.717) is 5.92 Å². The molecule has 0 aromatic carbocycles. The van der Waals surface area contributed by atoms with Crippen LogP contribution < -0.4 is 5.32 Å². The second kappa shape index (κ2) is 6.26. The van der Waals surface area contributed by atoms with Crippen LogP contribution in [0.5, 0.6) is 0 Å². The molecule has 0 saturated carbocycles. The molecule has 3 nitrogen and oxygen atoms in total. The first-order valence-corrected chi connectivity index (χ1v) is 6.34. The third-order valence-electron chi connectivity index (χ3n) is 2.70. The quantitative estimate of drug-likeness (QED) is 0.779. The Kier molecular flexibility index (Phi) is 5.29. The van der Waals surface area contributed by atoms with Crippen LogP contribution in [0.1, 0.15) is 31.7 Å². The van der Waals surface area contributed by atoms with Gasteiger partial charge in [0.25, 0.3) is 0 Å². The van der Waals surface area contributed by atoms with E-state index in [1.165, 1.54) is 6.42 Å². The SMILES string of the molecule is CCCNCC(C)Cn1nc(C)c(Cl)c1C. The van der Waals surface area contributed by atoms with Crippen LogP contribution in [-0.4, -0.2) is 22.9 Å². The van der Waals surface area contributed by atoms with E-state index in [-0.39, 0.29) is 0 Å². The highest BCUT2D eigenvalue weighted by Crippen LogP contribution is 2.19. The standard InChI is InChI=1S/C12H22ClN3/c1-5-6-14-7-9(2)8-16-11(4)12(13)10(3)15-16/h9,14H,5-8H2,1-4H3. The van der Waals surface area contributed by atoms with Crippen molar-refractivity contribution in [3.8, 4) is 0 Å². The lowest BCUT2D eigenvalue weighted by molar-refractivity contribution is 0.416. The fourth-order valence-electron chi connectivity index (χ4n) is 1.74. The lowest BCUT2D eigenvalue weighted by atomic mass is 10.2. The second-order valence-electron chi connectivity index (χ2n) is 4.48. The van der Waals surface area contributed by atoms with E-state index in [1.54, 1.807) is 0 Å². The Morgan fingerprint density at radius 2 is 2.12 bits per heavy atom. The van der Waals surface area contributed by atoms with E-state index in [1.807, 2.05) is 18.5 Å². The zero-order chi connectivity index (χ0) is 12.1. The van der Waals surface area contributed by atoms with Crippen molar-refractivity contribution in [1.29, 1.82) is 0 Å². The summed E-state index contributed by atoms with van der Waals surface area (Å²) < 4.78 is 2.01. The Hall–Kier alpha value is -0.540. The summed E-state index contributed by atoms with van der Waals surface area (Å²) >= 11 is 6.11. The van der Waals surface area contributed by atoms with Crippen molar-refractivity contribution in [3.63, 3.8) is 0 Å². The van der Waals surface area contributed by atoms with Crippen LogP contribution in [0.3, 0.4) is 0 Å². The minimum absolute atomic E-state index is 0.570. The van der Waals surface area contributed by atoms with E-state index in [2.05, 4.69) is 24.3 Å². The zero-order valence-electron chi connectivity index (χ0n) is 10.7. The number of nitrogens with zero attached hydrogens (tertiary/aromatic N) is 2. The topological polar surface area (TPSA) is 29.9 Å². The maximum Gasteiger partial charge on any atom is 0.0844 e. The van der Waals surface area contributed by atoms with E-state index >= 15 is 0 Å². The maximum atomic E-state index is 6.11. The molecule has 0 spiro atoms. The smallest absolute Gasteiger partial charge is 0.0844 e. The molecule has 0 amide bonds. The second-order valence-corrected chi connectivity index (χ2v) is 4.85. The van der Waals surface area contributed by atoms with Crippen molar-refractivity contribution in [1.82, 2.24) is 15.1 Å². The van der Waals surface area contributed by atoms with Gasteiger partial charge in [0.15, 0.2) is 0 Å². The van der Waals surface area contributed by atoms with E-state index in [4.69, 9.17) is 11.6 Å². The number of aryl methyl sites for hydroxylation is 1. The van der Waals surface area contributed by atoms with Crippen LogP contribution in [0.4, 0.5) is 0 Å². The van der Waals surface area contributed by atoms with Gasteiger partial charge in [-0.2, -0.15) is 5.10 Å². The van der Waals surface area contributed by atoms with Gasteiger partial charge < -0.3 is 5.32 Å². The number of hydrogen-bond acceptors (Lipinski definition) is 2. The molecule has 1 rings (SSSR count). The molecule has 1 unspecified atom stereocenters. The molecule has 0 bridgehead atoms. The number of hydrogen-bond donors (Lipinski definition) is 1. The van der Waals surface area contributed by atoms with Crippen LogP contribution in [0.15, 0.2) is 0 Å². The van der Waals surface area contributed by atoms with Crippen LogP contribution in [-0.2, 0) is 6.54 Å². The Balaban J connectivity index is 2.49. The maximum absolute atomic E-state index is 6.11. The molecule has 0 aliphatic heterocycles. The molecule has 1 heterocycles. The lowest BCUT2D eigenvalue weighted by Crippen LogP contribution is -2.25. The molecular weight excluding hydrogens is 222 g/mol. The molecule has 4 heteroatoms. The van der Waals surface area contributed by atoms with Gasteiger partial charge in [-0.15, -0.1) is 0 Å². The fourth-order valence-corrected chi connectivity index (χ4v) is 1.87. The van der Waals surface area contributed by atoms with Crippen molar-refractivity contribution in [2.45, 2.75) is 40.7 Å². The predicted molar refractivity (Wildman–Crippen MR) is 69.0 cm³/mol. The molecule has 92 valence electrons. The van der Waals surface area contributed by atoms with Crippen molar-refractivity contribution in [2.75, 3.05) is 13.1 Å². The molecule has 1 aromatic rings. The van der Waals surface area contributed by atoms with Gasteiger partial charge >= 0.3 is 0 Å². The number of nitrogens with one attached hydrogen (secondary N) is 1. The van der Waals surface area contributed by atoms with Gasteiger partial charge in [-0.1, -0.05) is 25.4 Å². The average molecular weight is 244 g/mol. The van der Waals surface area contributed by atoms with Crippen LogP contribution in [0.25, 0.3) is 0 Å². The fraction of sp³-hybridized carbons (Fsp3) is 0.750. The molecule has 0 radical (unpaired) electrons. The van der Waals surface area contributed by atoms with Gasteiger partial charge in [-0.3, -0.25) is 4.68 Å². The predicted octanol–water partition coefficient (Wildman–Crippen LogP) is 2.79. The molecule has 16 heavy (non-hydrogen) atoms. The van der Waals surface area contributed by atoms with Gasteiger partial charge in [-0.05, 0) is 39.3 Å². The van der Waals surface area contributed by atoms with Gasteiger partial charge in [0, 0.05) is 6.54 Å². The summed E-state index contributed by atoms with van der Waals surface area (Å²) in [5.41, 5.74) is 1.99. The molecule has 0 saturated heterocycles. The molecule has 1 atom stereocenters. The minimum atomic E-state index is 0.570. The summed E-state index contributed by atoms with van der Waals surface area (Å²) in [6.07, 6.45) is 1.18. The number of halogens is 1. The first-order valence-electron chi connectivity index (χ1n) is 5.96. The van der Waals surface area contributed by atoms with Gasteiger partial charge in [0.2, 0.25) is 0 Å². The van der Waals surface area contributed by atoms with Crippen molar-refractivity contribution in [2.24, 2.45) is 5.92 Å². The molecular formula is C12H22ClN3. The third-order valence-corrected chi connectivity index (χ3v) is 3.24. The first kappa shape index (κ1) is 13.5. The van der Waals surface area contributed by atoms with Crippen molar-refractivity contribution < 1.29 is 0 Å². The minimum Gasteiger partial charge on any atom is -0.316 e. The first-order chi connectivity index (χ1) is 7.56. The lowest BCUT2D eigenvalue weighted by Gasteiger charge is -2.13. The highest BCUT2D eigenvalue weighted by molar-refractivity contribution is 6.31. The van der Waals surface area contributed by atoms with Crippen LogP contribution in [0, 0.1) is 19.8 Å². The Morgan fingerprint density at radius 3 is 2.62 bits per heavy atom. The average Bonchev–Trinajstić information content (AvgIpc) is 2.47. The van der Waals surface area contributed by atoms with Gasteiger partial charge in [0.1, 0.15) is 0 Å². The van der Waals surface area contributed by atoms with E-state index in [0.717, 1.165) is 36.0 Å². The third kappa shape index (κ3) is 3.49. The van der Waals surface area contributed by atoms with E-state index in [9.17, 15) is 0 Å². The molecule has 0 fully saturated rings. The summed E-state index contributed by atoms with van der Waals surface area (Å²) in [6.45, 7) is 11.4. The Morgan fingerprint density at radius 1 is 1.44 bits per heavy atom. The van der Waals surface area contributed by atoms with Crippen LogP contribution >= 0.6 is 11.6 Å². The molecule has 1 N–H and O–H groups in total. The largest absolute Gasteiger partial charge is 0.316 e. The number of aromatic nitrogens is 2. The summed E-state index contributed by atoms with van der Waals surface area (Å²) in [7, 11) is 0. The monoisotopic (exact) mass is 243 g/mol. The van der Waals surface area contributed by atoms with Crippen molar-refractivity contribution in [3.05, 3.63) is 16.4 Å². The van der Waals surface area contributed by atoms with Gasteiger partial charge in [-0.25, -0.2) is 0 Å². The highest BCUT2D eigenvalue weighted by atomic mass is 35.5. The summed E-state index contributed by atoms with van der Waals surface area (Å²) in [4.78, 5) is 0. The zero-order valence-corrected chi connectivity index (χ0v) is 11.4. The normalized spacial score (nSPS) is 13.1. The molecule has 0 aliphatic carbocycles.